The molecule has 0 amide bonds. The van der Waals surface area contributed by atoms with Gasteiger partial charge in [-0.25, -0.2) is 4.79 Å². The zero-order valence-electron chi connectivity index (χ0n) is 19.5. The van der Waals surface area contributed by atoms with Crippen LogP contribution >= 0.6 is 11.8 Å². The fourth-order valence-electron chi connectivity index (χ4n) is 4.94. The van der Waals surface area contributed by atoms with Gasteiger partial charge in [0, 0.05) is 33.6 Å². The van der Waals surface area contributed by atoms with Crippen molar-refractivity contribution in [3.8, 4) is 0 Å². The summed E-state index contributed by atoms with van der Waals surface area (Å²) in [5.74, 6) is -0.299. The Morgan fingerprint density at radius 2 is 1.91 bits per heavy atom. The van der Waals surface area contributed by atoms with E-state index in [2.05, 4.69) is 13.8 Å². The average molecular weight is 459 g/mol. The molecule has 0 unspecified atom stereocenters. The Hall–Kier alpha value is -2.28. The van der Waals surface area contributed by atoms with Gasteiger partial charge in [0.2, 0.25) is 5.60 Å². The molecule has 1 aliphatic carbocycles. The van der Waals surface area contributed by atoms with Crippen LogP contribution in [0.5, 0.6) is 0 Å². The lowest BCUT2D eigenvalue weighted by atomic mass is 9.66. The van der Waals surface area contributed by atoms with E-state index in [-0.39, 0.29) is 23.3 Å². The molecule has 2 aromatic rings. The van der Waals surface area contributed by atoms with Crippen LogP contribution in [-0.4, -0.2) is 22.8 Å². The van der Waals surface area contributed by atoms with Crippen molar-refractivity contribution in [1.29, 1.82) is 0 Å². The maximum absolute atomic E-state index is 13.4. The molecule has 2 aliphatic rings. The molecule has 0 radical (unpaired) electrons. The van der Waals surface area contributed by atoms with Gasteiger partial charge in [0.05, 0.1) is 10.8 Å². The highest BCUT2D eigenvalue weighted by Crippen LogP contribution is 2.65. The quantitative estimate of drug-likeness (QED) is 0.444. The lowest BCUT2D eigenvalue weighted by Crippen LogP contribution is -2.48. The van der Waals surface area contributed by atoms with Crippen molar-refractivity contribution in [2.75, 3.05) is 0 Å². The lowest BCUT2D eigenvalue weighted by Gasteiger charge is -2.34. The van der Waals surface area contributed by atoms with Gasteiger partial charge in [-0.2, -0.15) is 0 Å². The van der Waals surface area contributed by atoms with Gasteiger partial charge in [-0.1, -0.05) is 34.6 Å². The minimum atomic E-state index is -1.29. The summed E-state index contributed by atoms with van der Waals surface area (Å²) in [6.45, 7) is 11.7. The molecule has 1 saturated carbocycles. The predicted octanol–water partition coefficient (Wildman–Crippen LogP) is 5.02. The average Bonchev–Trinajstić information content (AvgIpc) is 3.02. The van der Waals surface area contributed by atoms with Crippen LogP contribution < -0.4 is 5.43 Å². The highest BCUT2D eigenvalue weighted by molar-refractivity contribution is 8.00. The van der Waals surface area contributed by atoms with E-state index in [1.807, 2.05) is 33.8 Å². The van der Waals surface area contributed by atoms with E-state index in [0.717, 1.165) is 4.90 Å². The van der Waals surface area contributed by atoms with Crippen LogP contribution in [0.15, 0.2) is 32.3 Å². The van der Waals surface area contributed by atoms with Crippen LogP contribution in [-0.2, 0) is 32.1 Å². The third-order valence-electron chi connectivity index (χ3n) is 7.48. The summed E-state index contributed by atoms with van der Waals surface area (Å²) in [6.07, 6.45) is 1.61. The molecule has 2 atom stereocenters. The highest BCUT2D eigenvalue weighted by Gasteiger charge is 2.76. The first kappa shape index (κ1) is 22.9. The molecule has 2 heterocycles. The Bertz CT molecular complexity index is 1160. The second kappa shape index (κ2) is 7.65. The molecule has 1 saturated heterocycles. The maximum Gasteiger partial charge on any atom is 0.351 e. The van der Waals surface area contributed by atoms with E-state index in [0.29, 0.717) is 41.6 Å². The largest absolute Gasteiger partial charge is 0.460 e. The number of carbonyl (C=O) groups excluding carboxylic acids is 2. The number of ether oxygens (including phenoxy) is 2. The first-order valence-corrected chi connectivity index (χ1v) is 12.0. The van der Waals surface area contributed by atoms with Crippen molar-refractivity contribution in [2.45, 2.75) is 83.2 Å². The van der Waals surface area contributed by atoms with Gasteiger partial charge in [0.1, 0.15) is 18.0 Å². The normalized spacial score (nSPS) is 26.0. The molecule has 0 spiro atoms. The second-order valence-electron chi connectivity index (χ2n) is 9.77. The van der Waals surface area contributed by atoms with Gasteiger partial charge >= 0.3 is 11.9 Å². The third kappa shape index (κ3) is 3.11. The molecule has 2 bridgehead atoms. The minimum absolute atomic E-state index is 0.0621. The SMILES string of the molecule is CCc1cc(=O)c2ccc(SC(C)C)c(COC(=O)[C@@]34CC[C@@](C)(C(=O)O3)C4(C)C)c2o1. The van der Waals surface area contributed by atoms with Crippen LogP contribution in [0.1, 0.15) is 65.7 Å². The topological polar surface area (TPSA) is 82.8 Å². The van der Waals surface area contributed by atoms with E-state index < -0.39 is 22.4 Å². The number of benzene rings is 1. The molecular formula is C25H30O6S. The second-order valence-corrected chi connectivity index (χ2v) is 11.4. The van der Waals surface area contributed by atoms with Crippen molar-refractivity contribution >= 4 is 34.7 Å². The molecule has 6 nitrogen and oxygen atoms in total. The summed E-state index contributed by atoms with van der Waals surface area (Å²) in [5, 5.41) is 0.743. The smallest absolute Gasteiger partial charge is 0.351 e. The van der Waals surface area contributed by atoms with Gasteiger partial charge in [-0.15, -0.1) is 11.8 Å². The van der Waals surface area contributed by atoms with Gasteiger partial charge in [0.25, 0.3) is 0 Å². The fraction of sp³-hybridized carbons (Fsp3) is 0.560. The molecule has 2 fully saturated rings. The van der Waals surface area contributed by atoms with Crippen LogP contribution in [0, 0.1) is 10.8 Å². The molecule has 1 aromatic heterocycles. The number of fused-ring (bicyclic) bond motifs is 3. The zero-order chi connectivity index (χ0) is 23.5. The Morgan fingerprint density at radius 1 is 1.19 bits per heavy atom. The molecule has 1 aliphatic heterocycles. The monoisotopic (exact) mass is 458 g/mol. The molecule has 7 heteroatoms. The van der Waals surface area contributed by atoms with Crippen LogP contribution in [0.25, 0.3) is 11.0 Å². The maximum atomic E-state index is 13.4. The summed E-state index contributed by atoms with van der Waals surface area (Å²) < 4.78 is 17.5. The highest BCUT2D eigenvalue weighted by atomic mass is 32.2. The minimum Gasteiger partial charge on any atom is -0.460 e. The number of hydrogen-bond donors (Lipinski definition) is 0. The van der Waals surface area contributed by atoms with E-state index in [9.17, 15) is 14.4 Å². The van der Waals surface area contributed by atoms with E-state index >= 15 is 0 Å². The Balaban J connectivity index is 1.73. The first-order valence-electron chi connectivity index (χ1n) is 11.1. The fourth-order valence-corrected chi connectivity index (χ4v) is 5.89. The van der Waals surface area contributed by atoms with Gasteiger partial charge in [0.15, 0.2) is 5.43 Å². The number of carbonyl (C=O) groups is 2. The summed E-state index contributed by atoms with van der Waals surface area (Å²) in [4.78, 5) is 39.4. The number of thioether (sulfide) groups is 1. The summed E-state index contributed by atoms with van der Waals surface area (Å²) in [5.41, 5.74) is -1.67. The van der Waals surface area contributed by atoms with Crippen molar-refractivity contribution in [3.05, 3.63) is 39.7 Å². The number of esters is 2. The predicted molar refractivity (Wildman–Crippen MR) is 123 cm³/mol. The van der Waals surface area contributed by atoms with E-state index in [1.165, 1.54) is 6.07 Å². The van der Waals surface area contributed by atoms with Gasteiger partial charge in [-0.05, 0) is 31.9 Å². The van der Waals surface area contributed by atoms with Crippen LogP contribution in [0.4, 0.5) is 0 Å². The standard InChI is InChI=1S/C25H30O6S/c1-7-15-12-18(26)16-8-9-19(32-14(2)3)17(20(16)30-15)13-29-22(28)25-11-10-24(6,21(27)31-25)23(25,4)5/h8-9,12,14H,7,10-11,13H2,1-6H3/t24-,25+/m0/s1. The first-order chi connectivity index (χ1) is 15.0. The Labute approximate surface area is 192 Å². The van der Waals surface area contributed by atoms with Crippen molar-refractivity contribution < 1.29 is 23.5 Å². The third-order valence-corrected chi connectivity index (χ3v) is 8.59. The number of hydrogen-bond acceptors (Lipinski definition) is 7. The molecule has 172 valence electrons. The van der Waals surface area contributed by atoms with Crippen LogP contribution in [0.3, 0.4) is 0 Å². The Morgan fingerprint density at radius 3 is 2.47 bits per heavy atom. The molecule has 1 aromatic carbocycles. The van der Waals surface area contributed by atoms with Crippen molar-refractivity contribution in [3.63, 3.8) is 0 Å². The van der Waals surface area contributed by atoms with E-state index in [4.69, 9.17) is 13.9 Å². The summed E-state index contributed by atoms with van der Waals surface area (Å²) in [7, 11) is 0. The molecule has 32 heavy (non-hydrogen) atoms. The summed E-state index contributed by atoms with van der Waals surface area (Å²) >= 11 is 1.62. The molecule has 4 rings (SSSR count). The van der Waals surface area contributed by atoms with Crippen molar-refractivity contribution in [1.82, 2.24) is 0 Å². The summed E-state index contributed by atoms with van der Waals surface area (Å²) in [6, 6.07) is 5.15. The van der Waals surface area contributed by atoms with E-state index in [1.54, 1.807) is 17.8 Å². The number of rotatable bonds is 6. The molecule has 0 N–H and O–H groups in total. The number of aryl methyl sites for hydroxylation is 1. The van der Waals surface area contributed by atoms with Gasteiger partial charge < -0.3 is 13.9 Å². The van der Waals surface area contributed by atoms with Crippen LogP contribution in [0.2, 0.25) is 0 Å². The zero-order valence-corrected chi connectivity index (χ0v) is 20.3. The van der Waals surface area contributed by atoms with Gasteiger partial charge in [-0.3, -0.25) is 9.59 Å². The van der Waals surface area contributed by atoms with Crippen molar-refractivity contribution in [2.24, 2.45) is 10.8 Å². The lowest BCUT2D eigenvalue weighted by molar-refractivity contribution is -0.184. The Kier molecular flexibility index (Phi) is 5.47. The molecular weight excluding hydrogens is 428 g/mol.